The van der Waals surface area contributed by atoms with Crippen LogP contribution in [0.25, 0.3) is 11.1 Å². The summed E-state index contributed by atoms with van der Waals surface area (Å²) >= 11 is 0. The molecule has 3 aromatic rings. The van der Waals surface area contributed by atoms with E-state index in [1.54, 1.807) is 30.3 Å². The minimum absolute atomic E-state index is 0.188. The fourth-order valence-corrected chi connectivity index (χ4v) is 5.02. The van der Waals surface area contributed by atoms with Crippen LogP contribution in [0.1, 0.15) is 43.6 Å². The van der Waals surface area contributed by atoms with Gasteiger partial charge < -0.3 is 24.4 Å². The van der Waals surface area contributed by atoms with Crippen LogP contribution in [0.2, 0.25) is 0 Å². The van der Waals surface area contributed by atoms with Crippen LogP contribution in [-0.2, 0) is 4.74 Å². The molecule has 0 bridgehead atoms. The van der Waals surface area contributed by atoms with E-state index >= 15 is 0 Å². The van der Waals surface area contributed by atoms with Gasteiger partial charge in [-0.1, -0.05) is 24.3 Å². The Hall–Kier alpha value is -3.48. The van der Waals surface area contributed by atoms with Gasteiger partial charge in [0, 0.05) is 30.3 Å². The van der Waals surface area contributed by atoms with Gasteiger partial charge in [-0.05, 0) is 79.9 Å². The molecule has 6 nitrogen and oxygen atoms in total. The number of allylic oxidation sites excluding steroid dienone is 1. The molecular weight excluding hydrogens is 454 g/mol. The summed E-state index contributed by atoms with van der Waals surface area (Å²) in [4.78, 5) is 2.41. The molecular formula is C30H33NO5. The predicted molar refractivity (Wildman–Crippen MR) is 140 cm³/mol. The third kappa shape index (κ3) is 5.06. The molecule has 188 valence electrons. The quantitative estimate of drug-likeness (QED) is 0.468. The first-order valence-corrected chi connectivity index (χ1v) is 12.5. The van der Waals surface area contributed by atoms with Crippen LogP contribution < -0.4 is 9.47 Å². The minimum Gasteiger partial charge on any atom is -0.508 e. The molecule has 6 heteroatoms. The fourth-order valence-electron chi connectivity index (χ4n) is 5.02. The first kappa shape index (κ1) is 24.2. The zero-order valence-corrected chi connectivity index (χ0v) is 21.0. The number of rotatable bonds is 6. The average molecular weight is 488 g/mol. The predicted octanol–water partition coefficient (Wildman–Crippen LogP) is 5.65. The standard InChI is InChI=1S/C30H33NO5/c1-19(31-13-14-34-20(2)17-31)18-35-26-10-7-22(8-11-26)30-29(23-5-4-6-24(32)15-23)21(3)27-16-25(33)9-12-28(27)36-30/h4-12,15-16,19-20,30,32-33H,13-14,17-18H2,1-3H3/t19-,20-,30?/m0/s1. The van der Waals surface area contributed by atoms with E-state index in [0.29, 0.717) is 18.4 Å². The maximum Gasteiger partial charge on any atom is 0.150 e. The van der Waals surface area contributed by atoms with Crippen LogP contribution in [0, 0.1) is 0 Å². The third-order valence-corrected chi connectivity index (χ3v) is 7.01. The summed E-state index contributed by atoms with van der Waals surface area (Å²) in [5.74, 6) is 1.91. The second-order valence-electron chi connectivity index (χ2n) is 9.67. The number of ether oxygens (including phenoxy) is 3. The van der Waals surface area contributed by atoms with Gasteiger partial charge in [0.25, 0.3) is 0 Å². The van der Waals surface area contributed by atoms with E-state index in [9.17, 15) is 10.2 Å². The molecule has 0 aliphatic carbocycles. The van der Waals surface area contributed by atoms with E-state index in [4.69, 9.17) is 14.2 Å². The molecule has 2 heterocycles. The summed E-state index contributed by atoms with van der Waals surface area (Å²) in [5, 5.41) is 20.2. The lowest BCUT2D eigenvalue weighted by Gasteiger charge is -2.35. The van der Waals surface area contributed by atoms with Crippen molar-refractivity contribution in [3.05, 3.63) is 83.4 Å². The van der Waals surface area contributed by atoms with Crippen LogP contribution in [-0.4, -0.2) is 53.6 Å². The van der Waals surface area contributed by atoms with E-state index in [1.165, 1.54) is 0 Å². The number of phenolic OH excluding ortho intramolecular Hbond substituents is 2. The summed E-state index contributed by atoms with van der Waals surface area (Å²) < 4.78 is 18.2. The Labute approximate surface area is 212 Å². The number of hydrogen-bond acceptors (Lipinski definition) is 6. The van der Waals surface area contributed by atoms with Gasteiger partial charge in [0.1, 0.15) is 35.7 Å². The summed E-state index contributed by atoms with van der Waals surface area (Å²) in [7, 11) is 0. The number of nitrogens with zero attached hydrogens (tertiary/aromatic N) is 1. The Morgan fingerprint density at radius 3 is 2.56 bits per heavy atom. The Balaban J connectivity index is 1.39. The van der Waals surface area contributed by atoms with Crippen LogP contribution in [0.15, 0.2) is 66.7 Å². The Bertz CT molecular complexity index is 1250. The molecule has 2 aliphatic rings. The first-order valence-electron chi connectivity index (χ1n) is 12.5. The van der Waals surface area contributed by atoms with Crippen molar-refractivity contribution < 1.29 is 24.4 Å². The van der Waals surface area contributed by atoms with Gasteiger partial charge in [-0.2, -0.15) is 0 Å². The van der Waals surface area contributed by atoms with Gasteiger partial charge in [0.2, 0.25) is 0 Å². The summed E-state index contributed by atoms with van der Waals surface area (Å²) in [6, 6.07) is 20.7. The molecule has 0 amide bonds. The highest BCUT2D eigenvalue weighted by atomic mass is 16.5. The second kappa shape index (κ2) is 10.2. The molecule has 0 spiro atoms. The number of aromatic hydroxyl groups is 2. The topological polar surface area (TPSA) is 71.4 Å². The molecule has 3 aromatic carbocycles. The van der Waals surface area contributed by atoms with Crippen LogP contribution >= 0.6 is 0 Å². The maximum absolute atomic E-state index is 10.1. The molecule has 5 rings (SSSR count). The van der Waals surface area contributed by atoms with Crippen LogP contribution in [0.4, 0.5) is 0 Å². The SMILES string of the molecule is CC1=C(c2cccc(O)c2)C(c2ccc(OC[C@H](C)N3CCO[C@@H](C)C3)cc2)Oc2ccc(O)cc21. The fraction of sp³-hybridized carbons (Fsp3) is 0.333. The summed E-state index contributed by atoms with van der Waals surface area (Å²) in [6.07, 6.45) is -0.117. The second-order valence-corrected chi connectivity index (χ2v) is 9.67. The Morgan fingerprint density at radius 2 is 1.81 bits per heavy atom. The maximum atomic E-state index is 10.1. The molecule has 2 N–H and O–H groups in total. The van der Waals surface area contributed by atoms with Crippen molar-refractivity contribution in [2.24, 2.45) is 0 Å². The van der Waals surface area contributed by atoms with Gasteiger partial charge >= 0.3 is 0 Å². The van der Waals surface area contributed by atoms with E-state index in [0.717, 1.165) is 53.3 Å². The summed E-state index contributed by atoms with van der Waals surface area (Å²) in [5.41, 5.74) is 4.65. The van der Waals surface area contributed by atoms with Crippen molar-refractivity contribution in [1.29, 1.82) is 0 Å². The Morgan fingerprint density at radius 1 is 1.03 bits per heavy atom. The summed E-state index contributed by atoms with van der Waals surface area (Å²) in [6.45, 7) is 9.54. The van der Waals surface area contributed by atoms with Crippen molar-refractivity contribution in [2.45, 2.75) is 39.0 Å². The van der Waals surface area contributed by atoms with Crippen molar-refractivity contribution in [3.8, 4) is 23.0 Å². The largest absolute Gasteiger partial charge is 0.508 e. The number of hydrogen-bond donors (Lipinski definition) is 2. The number of morpholine rings is 1. The van der Waals surface area contributed by atoms with Crippen molar-refractivity contribution in [1.82, 2.24) is 4.90 Å². The zero-order chi connectivity index (χ0) is 25.2. The first-order chi connectivity index (χ1) is 17.4. The van der Waals surface area contributed by atoms with Crippen LogP contribution in [0.3, 0.4) is 0 Å². The van der Waals surface area contributed by atoms with E-state index < -0.39 is 0 Å². The zero-order valence-electron chi connectivity index (χ0n) is 21.0. The lowest BCUT2D eigenvalue weighted by molar-refractivity contribution is -0.0372. The molecule has 0 radical (unpaired) electrons. The van der Waals surface area contributed by atoms with E-state index in [-0.39, 0.29) is 23.7 Å². The average Bonchev–Trinajstić information content (AvgIpc) is 2.88. The van der Waals surface area contributed by atoms with E-state index in [1.807, 2.05) is 43.3 Å². The molecule has 1 unspecified atom stereocenters. The molecule has 2 aliphatic heterocycles. The van der Waals surface area contributed by atoms with Gasteiger partial charge in [-0.15, -0.1) is 0 Å². The normalized spacial score (nSPS) is 21.0. The highest BCUT2D eigenvalue weighted by Gasteiger charge is 2.30. The highest BCUT2D eigenvalue weighted by molar-refractivity contribution is 5.95. The van der Waals surface area contributed by atoms with Crippen LogP contribution in [0.5, 0.6) is 23.0 Å². The molecule has 1 fully saturated rings. The smallest absolute Gasteiger partial charge is 0.150 e. The molecule has 0 aromatic heterocycles. The van der Waals surface area contributed by atoms with Gasteiger partial charge in [0.15, 0.2) is 0 Å². The monoisotopic (exact) mass is 487 g/mol. The molecule has 36 heavy (non-hydrogen) atoms. The Kier molecular flexibility index (Phi) is 6.90. The van der Waals surface area contributed by atoms with Crippen molar-refractivity contribution in [2.75, 3.05) is 26.3 Å². The minimum atomic E-state index is -0.369. The number of fused-ring (bicyclic) bond motifs is 1. The van der Waals surface area contributed by atoms with Gasteiger partial charge in [-0.25, -0.2) is 0 Å². The van der Waals surface area contributed by atoms with E-state index in [2.05, 4.69) is 18.7 Å². The third-order valence-electron chi connectivity index (χ3n) is 7.01. The molecule has 0 saturated carbocycles. The number of phenols is 2. The molecule has 3 atom stereocenters. The van der Waals surface area contributed by atoms with Gasteiger partial charge in [-0.3, -0.25) is 4.90 Å². The van der Waals surface area contributed by atoms with Crippen molar-refractivity contribution in [3.63, 3.8) is 0 Å². The number of benzene rings is 3. The van der Waals surface area contributed by atoms with Gasteiger partial charge in [0.05, 0.1) is 12.7 Å². The highest BCUT2D eigenvalue weighted by Crippen LogP contribution is 2.47. The lowest BCUT2D eigenvalue weighted by Crippen LogP contribution is -2.47. The lowest BCUT2D eigenvalue weighted by atomic mass is 9.86. The molecule has 1 saturated heterocycles. The van der Waals surface area contributed by atoms with Crippen molar-refractivity contribution >= 4 is 11.1 Å².